The lowest BCUT2D eigenvalue weighted by Gasteiger charge is -2.37. The topological polar surface area (TPSA) is 142 Å². The second kappa shape index (κ2) is 12.3. The van der Waals surface area contributed by atoms with E-state index in [1.54, 1.807) is 6.92 Å². The second-order valence-electron chi connectivity index (χ2n) is 8.21. The Morgan fingerprint density at radius 1 is 1.25 bits per heavy atom. The monoisotopic (exact) mass is 582 g/mol. The summed E-state index contributed by atoms with van der Waals surface area (Å²) in [6, 6.07) is 6.99. The molecule has 2 aromatic rings. The van der Waals surface area contributed by atoms with Crippen molar-refractivity contribution in [2.24, 2.45) is 0 Å². The van der Waals surface area contributed by atoms with Crippen molar-refractivity contribution < 1.29 is 38.9 Å². The Kier molecular flexibility index (Phi) is 9.46. The molecule has 1 saturated heterocycles. The van der Waals surface area contributed by atoms with Crippen LogP contribution in [0.4, 0.5) is 4.79 Å². The van der Waals surface area contributed by atoms with Crippen molar-refractivity contribution in [2.75, 3.05) is 19.8 Å². The maximum Gasteiger partial charge on any atom is 0.410 e. The van der Waals surface area contributed by atoms with Gasteiger partial charge in [-0.2, -0.15) is 0 Å². The average Bonchev–Trinajstić information content (AvgIpc) is 3.18. The van der Waals surface area contributed by atoms with Crippen LogP contribution in [0.3, 0.4) is 0 Å². The normalized spacial score (nSPS) is 17.5. The van der Waals surface area contributed by atoms with Gasteiger partial charge in [-0.05, 0) is 59.8 Å². The number of hydrogen-bond acceptors (Lipinski definition) is 8. The number of hydrogen-bond donors (Lipinski definition) is 3. The van der Waals surface area contributed by atoms with E-state index >= 15 is 0 Å². The predicted octanol–water partition coefficient (Wildman–Crippen LogP) is 4.01. The zero-order chi connectivity index (χ0) is 26.4. The van der Waals surface area contributed by atoms with Gasteiger partial charge in [0.25, 0.3) is 0 Å². The van der Waals surface area contributed by atoms with Crippen LogP contribution in [0, 0.1) is 0 Å². The first-order valence-electron chi connectivity index (χ1n) is 11.3. The lowest BCUT2D eigenvalue weighted by atomic mass is 9.94. The molecule has 1 fully saturated rings. The van der Waals surface area contributed by atoms with Gasteiger partial charge in [0.2, 0.25) is 0 Å². The molecule has 0 spiro atoms. The molecule has 1 aliphatic rings. The van der Waals surface area contributed by atoms with E-state index in [1.807, 2.05) is 24.3 Å². The van der Waals surface area contributed by atoms with E-state index in [1.165, 1.54) is 11.8 Å². The highest BCUT2D eigenvalue weighted by atomic mass is 79.9. The summed E-state index contributed by atoms with van der Waals surface area (Å²) in [4.78, 5) is 48.9. The molecule has 0 aliphatic carbocycles. The van der Waals surface area contributed by atoms with Crippen molar-refractivity contribution >= 4 is 51.1 Å². The van der Waals surface area contributed by atoms with Gasteiger partial charge >= 0.3 is 18.0 Å². The number of rotatable bonds is 10. The molecule has 1 aliphatic heterocycles. The van der Waals surface area contributed by atoms with Crippen molar-refractivity contribution in [3.05, 3.63) is 39.2 Å². The van der Waals surface area contributed by atoms with E-state index in [2.05, 4.69) is 21.2 Å². The number of carbonyl (C=O) groups excluding carboxylic acids is 2. The van der Waals surface area contributed by atoms with Crippen molar-refractivity contribution in [1.29, 1.82) is 0 Å². The summed E-state index contributed by atoms with van der Waals surface area (Å²) in [5.41, 5.74) is 1.68. The fraction of sp³-hybridized carbons (Fsp3) is 0.417. The van der Waals surface area contributed by atoms with Gasteiger partial charge in [-0.15, -0.1) is 11.3 Å². The molecule has 1 amide bonds. The number of benzene rings is 1. The summed E-state index contributed by atoms with van der Waals surface area (Å²) < 4.78 is 10.7. The smallest absolute Gasteiger partial charge is 0.410 e. The number of Topliss-reactive ketones (excluding diaryl/α,β-unsaturated/α-hetero) is 1. The molecule has 1 aromatic carbocycles. The number of piperidine rings is 1. The molecule has 1 aromatic heterocycles. The number of thiophene rings is 1. The van der Waals surface area contributed by atoms with Gasteiger partial charge < -0.3 is 25.0 Å². The minimum Gasteiger partial charge on any atom is -0.479 e. The number of amides is 1. The van der Waals surface area contributed by atoms with Gasteiger partial charge in [-0.1, -0.05) is 18.2 Å². The van der Waals surface area contributed by atoms with E-state index in [4.69, 9.17) is 14.6 Å². The molecule has 3 rings (SSSR count). The molecule has 0 bridgehead atoms. The molecule has 3 N–H and O–H groups in total. The maximum atomic E-state index is 12.2. The third-order valence-electron chi connectivity index (χ3n) is 5.70. The second-order valence-corrected chi connectivity index (χ2v) is 10.0. The summed E-state index contributed by atoms with van der Waals surface area (Å²) in [7, 11) is 0. The van der Waals surface area contributed by atoms with Crippen LogP contribution in [0.15, 0.2) is 28.7 Å². The number of ketones is 1. The Labute approximate surface area is 220 Å². The number of carboxylic acid groups (broad SMARTS) is 2. The SMILES string of the molecule is CCOC(=O)N1CCC(NCc2cccc(-c3sc(C(=O)O)c(OCC(=O)O)c3Br)c2)CC1C(C)=O. The number of halogens is 1. The fourth-order valence-electron chi connectivity index (χ4n) is 4.03. The van der Waals surface area contributed by atoms with E-state index in [-0.39, 0.29) is 29.1 Å². The highest BCUT2D eigenvalue weighted by Gasteiger charge is 2.35. The number of aromatic carboxylic acids is 1. The minimum atomic E-state index is -1.21. The van der Waals surface area contributed by atoms with Gasteiger partial charge in [0, 0.05) is 19.1 Å². The molecular weight excluding hydrogens is 556 g/mol. The zero-order valence-corrected chi connectivity index (χ0v) is 22.2. The van der Waals surface area contributed by atoms with Gasteiger partial charge in [-0.3, -0.25) is 9.69 Å². The number of ether oxygens (including phenoxy) is 2. The van der Waals surface area contributed by atoms with E-state index < -0.39 is 30.7 Å². The number of nitrogens with zero attached hydrogens (tertiary/aromatic N) is 1. The maximum absolute atomic E-state index is 12.2. The standard InChI is InChI=1S/C24H27BrN2O8S/c1-3-34-24(33)27-8-7-16(10-17(27)13(2)28)26-11-14-5-4-6-15(9-14)21-19(25)20(35-12-18(29)30)22(36-21)23(31)32/h4-6,9,16-17,26H,3,7-8,10-12H2,1-2H3,(H,29,30)(H,31,32). The van der Waals surface area contributed by atoms with Crippen LogP contribution < -0.4 is 10.1 Å². The molecule has 2 unspecified atom stereocenters. The molecule has 36 heavy (non-hydrogen) atoms. The highest BCUT2D eigenvalue weighted by molar-refractivity contribution is 9.10. The van der Waals surface area contributed by atoms with Crippen LogP contribution in [0.5, 0.6) is 5.75 Å². The molecule has 2 atom stereocenters. The quantitative estimate of drug-likeness (QED) is 0.378. The number of carbonyl (C=O) groups is 4. The van der Waals surface area contributed by atoms with Gasteiger partial charge in [0.05, 0.1) is 22.0 Å². The Balaban J connectivity index is 1.72. The van der Waals surface area contributed by atoms with Crippen LogP contribution >= 0.6 is 27.3 Å². The molecule has 0 radical (unpaired) electrons. The summed E-state index contributed by atoms with van der Waals surface area (Å²) in [5, 5.41) is 21.9. The van der Waals surface area contributed by atoms with Crippen molar-refractivity contribution in [3.8, 4) is 16.2 Å². The summed E-state index contributed by atoms with van der Waals surface area (Å²) in [6.45, 7) is 3.71. The van der Waals surface area contributed by atoms with E-state index in [0.717, 1.165) is 22.5 Å². The third kappa shape index (κ3) is 6.62. The summed E-state index contributed by atoms with van der Waals surface area (Å²) >= 11 is 4.36. The van der Waals surface area contributed by atoms with Crippen LogP contribution in [0.2, 0.25) is 0 Å². The predicted molar refractivity (Wildman–Crippen MR) is 136 cm³/mol. The molecule has 2 heterocycles. The van der Waals surface area contributed by atoms with Gasteiger partial charge in [-0.25, -0.2) is 14.4 Å². The average molecular weight is 583 g/mol. The van der Waals surface area contributed by atoms with Crippen LogP contribution in [-0.2, 0) is 20.9 Å². The Hall–Kier alpha value is -2.96. The van der Waals surface area contributed by atoms with Gasteiger partial charge in [0.1, 0.15) is 0 Å². The molecule has 12 heteroatoms. The molecular formula is C24H27BrN2O8S. The zero-order valence-electron chi connectivity index (χ0n) is 19.8. The summed E-state index contributed by atoms with van der Waals surface area (Å²) in [6.07, 6.45) is 0.680. The largest absolute Gasteiger partial charge is 0.479 e. The minimum absolute atomic E-state index is 0.0166. The number of likely N-dealkylation sites (tertiary alicyclic amines) is 1. The van der Waals surface area contributed by atoms with Crippen LogP contribution in [0.1, 0.15) is 41.9 Å². The van der Waals surface area contributed by atoms with Crippen LogP contribution in [0.25, 0.3) is 10.4 Å². The number of nitrogens with one attached hydrogen (secondary N) is 1. The van der Waals surface area contributed by atoms with Gasteiger partial charge in [0.15, 0.2) is 23.0 Å². The number of aliphatic carboxylic acids is 1. The Morgan fingerprint density at radius 2 is 2.00 bits per heavy atom. The van der Waals surface area contributed by atoms with Crippen molar-refractivity contribution in [2.45, 2.75) is 45.3 Å². The highest BCUT2D eigenvalue weighted by Crippen LogP contribution is 2.45. The first-order valence-corrected chi connectivity index (χ1v) is 12.9. The first-order chi connectivity index (χ1) is 17.1. The van der Waals surface area contributed by atoms with Crippen molar-refractivity contribution in [3.63, 3.8) is 0 Å². The first kappa shape index (κ1) is 27.6. The van der Waals surface area contributed by atoms with Crippen molar-refractivity contribution in [1.82, 2.24) is 10.2 Å². The van der Waals surface area contributed by atoms with E-state index in [9.17, 15) is 24.3 Å². The molecule has 0 saturated carbocycles. The third-order valence-corrected chi connectivity index (χ3v) is 7.93. The van der Waals surface area contributed by atoms with E-state index in [0.29, 0.717) is 35.3 Å². The Bertz CT molecular complexity index is 1150. The summed E-state index contributed by atoms with van der Waals surface area (Å²) in [5.74, 6) is -2.52. The Morgan fingerprint density at radius 3 is 2.64 bits per heavy atom. The number of carboxylic acids is 2. The lowest BCUT2D eigenvalue weighted by Crippen LogP contribution is -2.53. The molecule has 10 nitrogen and oxygen atoms in total. The fourth-order valence-corrected chi connectivity index (χ4v) is 5.92. The molecule has 194 valence electrons. The lowest BCUT2D eigenvalue weighted by molar-refractivity contribution is -0.139. The van der Waals surface area contributed by atoms with Crippen LogP contribution in [-0.4, -0.2) is 70.8 Å².